The second-order valence-electron chi connectivity index (χ2n) is 5.04. The van der Waals surface area contributed by atoms with E-state index in [1.807, 2.05) is 19.9 Å². The number of esters is 1. The van der Waals surface area contributed by atoms with E-state index in [1.54, 1.807) is 12.1 Å². The van der Waals surface area contributed by atoms with Crippen LogP contribution in [0.15, 0.2) is 17.0 Å². The molecule has 26 heavy (non-hydrogen) atoms. The van der Waals surface area contributed by atoms with Crippen molar-refractivity contribution in [1.29, 1.82) is 0 Å². The van der Waals surface area contributed by atoms with E-state index in [4.69, 9.17) is 9.47 Å². The highest BCUT2D eigenvalue weighted by atomic mass is 127. The normalized spacial score (nSPS) is 15.5. The second-order valence-corrected chi connectivity index (χ2v) is 7.20. The molecule has 0 aromatic heterocycles. The summed E-state index contributed by atoms with van der Waals surface area (Å²) >= 11 is 2.92. The van der Waals surface area contributed by atoms with Gasteiger partial charge in [-0.25, -0.2) is 0 Å². The van der Waals surface area contributed by atoms with Gasteiger partial charge in [-0.2, -0.15) is 0 Å². The average molecular weight is 491 g/mol. The van der Waals surface area contributed by atoms with Crippen LogP contribution in [0.2, 0.25) is 0 Å². The Hall–Kier alpha value is -1.75. The van der Waals surface area contributed by atoms with E-state index >= 15 is 0 Å². The number of halogens is 1. The lowest BCUT2D eigenvalue weighted by molar-refractivity contribution is -0.143. The third-order valence-electron chi connectivity index (χ3n) is 3.31. The molecule has 1 fully saturated rings. The highest BCUT2D eigenvalue weighted by Crippen LogP contribution is 2.37. The van der Waals surface area contributed by atoms with Gasteiger partial charge < -0.3 is 14.2 Å². The van der Waals surface area contributed by atoms with Crippen LogP contribution in [0.5, 0.6) is 11.5 Å². The summed E-state index contributed by atoms with van der Waals surface area (Å²) in [6, 6.07) is 3.59. The summed E-state index contributed by atoms with van der Waals surface area (Å²) in [7, 11) is 1.20. The predicted molar refractivity (Wildman–Crippen MR) is 106 cm³/mol. The summed E-state index contributed by atoms with van der Waals surface area (Å²) in [4.78, 5) is 36.8. The van der Waals surface area contributed by atoms with Gasteiger partial charge in [0, 0.05) is 0 Å². The fourth-order valence-corrected chi connectivity index (χ4v) is 3.82. The lowest BCUT2D eigenvalue weighted by Gasteiger charge is -2.13. The molecule has 2 rings (SSSR count). The maximum atomic E-state index is 12.4. The molecular formula is C17H18INO6S. The minimum atomic E-state index is -0.650. The minimum Gasteiger partial charge on any atom is -0.490 e. The van der Waals surface area contributed by atoms with E-state index in [0.717, 1.165) is 20.2 Å². The topological polar surface area (TPSA) is 82.1 Å². The van der Waals surface area contributed by atoms with E-state index in [0.29, 0.717) is 30.3 Å². The fraction of sp³-hybridized carbons (Fsp3) is 0.353. The molecule has 1 aliphatic rings. The molecule has 140 valence electrons. The second kappa shape index (κ2) is 9.26. The molecule has 1 aromatic carbocycles. The van der Waals surface area contributed by atoms with Gasteiger partial charge in [0.05, 0.1) is 28.8 Å². The van der Waals surface area contributed by atoms with Crippen molar-refractivity contribution in [3.8, 4) is 11.5 Å². The molecular weight excluding hydrogens is 473 g/mol. The van der Waals surface area contributed by atoms with Gasteiger partial charge in [0.2, 0.25) is 0 Å². The molecule has 0 saturated carbocycles. The van der Waals surface area contributed by atoms with E-state index in [-0.39, 0.29) is 4.91 Å². The third kappa shape index (κ3) is 4.70. The molecule has 0 N–H and O–H groups in total. The van der Waals surface area contributed by atoms with Gasteiger partial charge in [-0.15, -0.1) is 0 Å². The Kier molecular flexibility index (Phi) is 7.33. The van der Waals surface area contributed by atoms with Crippen LogP contribution in [0.4, 0.5) is 4.79 Å². The van der Waals surface area contributed by atoms with Gasteiger partial charge in [0.25, 0.3) is 11.1 Å². The lowest BCUT2D eigenvalue weighted by Crippen LogP contribution is -2.34. The van der Waals surface area contributed by atoms with Crippen molar-refractivity contribution < 1.29 is 28.6 Å². The molecule has 1 heterocycles. The van der Waals surface area contributed by atoms with Gasteiger partial charge >= 0.3 is 5.97 Å². The van der Waals surface area contributed by atoms with Crippen molar-refractivity contribution in [3.63, 3.8) is 0 Å². The number of carbonyl (C=O) groups is 3. The summed E-state index contributed by atoms with van der Waals surface area (Å²) in [5.41, 5.74) is 0.699. The SMILES string of the molecule is CCOc1cc(/C=C2/SC(=O)N(CC(=O)OC)C2=O)cc(I)c1OCC. The van der Waals surface area contributed by atoms with Crippen LogP contribution in [0.1, 0.15) is 19.4 Å². The first-order valence-electron chi connectivity index (χ1n) is 7.82. The largest absolute Gasteiger partial charge is 0.490 e. The van der Waals surface area contributed by atoms with Crippen LogP contribution in [-0.4, -0.2) is 48.9 Å². The molecule has 1 aromatic rings. The number of rotatable bonds is 7. The number of carbonyl (C=O) groups excluding carboxylic acids is 3. The molecule has 1 aliphatic heterocycles. The van der Waals surface area contributed by atoms with Gasteiger partial charge in [0.15, 0.2) is 11.5 Å². The Morgan fingerprint density at radius 2 is 1.92 bits per heavy atom. The molecule has 0 radical (unpaired) electrons. The number of ether oxygens (including phenoxy) is 3. The highest BCUT2D eigenvalue weighted by molar-refractivity contribution is 14.1. The molecule has 0 spiro atoms. The zero-order valence-corrected chi connectivity index (χ0v) is 17.5. The van der Waals surface area contributed by atoms with Crippen LogP contribution in [0.3, 0.4) is 0 Å². The Bertz CT molecular complexity index is 764. The maximum absolute atomic E-state index is 12.4. The van der Waals surface area contributed by atoms with E-state index in [2.05, 4.69) is 27.3 Å². The number of hydrogen-bond acceptors (Lipinski definition) is 7. The number of benzene rings is 1. The van der Waals surface area contributed by atoms with Crippen LogP contribution < -0.4 is 9.47 Å². The van der Waals surface area contributed by atoms with Crippen LogP contribution in [0.25, 0.3) is 6.08 Å². The monoisotopic (exact) mass is 491 g/mol. The predicted octanol–water partition coefficient (Wildman–Crippen LogP) is 3.30. The van der Waals surface area contributed by atoms with Crippen molar-refractivity contribution in [2.75, 3.05) is 26.9 Å². The van der Waals surface area contributed by atoms with Gasteiger partial charge in [0.1, 0.15) is 6.54 Å². The number of amides is 2. The molecule has 0 unspecified atom stereocenters. The van der Waals surface area contributed by atoms with E-state index in [1.165, 1.54) is 7.11 Å². The van der Waals surface area contributed by atoms with Crippen molar-refractivity contribution in [3.05, 3.63) is 26.2 Å². The van der Waals surface area contributed by atoms with Gasteiger partial charge in [-0.3, -0.25) is 19.3 Å². The standard InChI is InChI=1S/C17H18INO6S/c1-4-24-12-7-10(6-11(18)15(12)25-5-2)8-13-16(21)19(17(22)26-13)9-14(20)23-3/h6-8H,4-5,9H2,1-3H3/b13-8+. The molecule has 2 amide bonds. The maximum Gasteiger partial charge on any atom is 0.325 e. The number of nitrogens with zero attached hydrogens (tertiary/aromatic N) is 1. The fourth-order valence-electron chi connectivity index (χ4n) is 2.20. The summed E-state index contributed by atoms with van der Waals surface area (Å²) in [6.45, 7) is 4.32. The number of thioether (sulfide) groups is 1. The molecule has 1 saturated heterocycles. The third-order valence-corrected chi connectivity index (χ3v) is 5.02. The quantitative estimate of drug-likeness (QED) is 0.329. The summed E-state index contributed by atoms with van der Waals surface area (Å²) in [6.07, 6.45) is 1.60. The Morgan fingerprint density at radius 1 is 1.23 bits per heavy atom. The molecule has 0 atom stereocenters. The first-order chi connectivity index (χ1) is 12.4. The Labute approximate surface area is 169 Å². The zero-order chi connectivity index (χ0) is 19.3. The van der Waals surface area contributed by atoms with Crippen LogP contribution in [0, 0.1) is 3.57 Å². The first kappa shape index (κ1) is 20.6. The Balaban J connectivity index is 2.33. The number of imide groups is 1. The summed E-state index contributed by atoms with van der Waals surface area (Å²) in [5, 5.41) is -0.502. The van der Waals surface area contributed by atoms with Gasteiger partial charge in [-0.05, 0) is 72.0 Å². The Morgan fingerprint density at radius 3 is 2.54 bits per heavy atom. The molecule has 0 aliphatic carbocycles. The first-order valence-corrected chi connectivity index (χ1v) is 9.72. The van der Waals surface area contributed by atoms with Crippen LogP contribution in [-0.2, 0) is 14.3 Å². The number of hydrogen-bond donors (Lipinski definition) is 0. The minimum absolute atomic E-state index is 0.237. The van der Waals surface area contributed by atoms with Crippen molar-refractivity contribution in [2.24, 2.45) is 0 Å². The molecule has 0 bridgehead atoms. The summed E-state index contributed by atoms with van der Waals surface area (Å²) < 4.78 is 16.6. The lowest BCUT2D eigenvalue weighted by atomic mass is 10.2. The molecule has 9 heteroatoms. The van der Waals surface area contributed by atoms with Crippen molar-refractivity contribution in [1.82, 2.24) is 4.90 Å². The van der Waals surface area contributed by atoms with E-state index in [9.17, 15) is 14.4 Å². The van der Waals surface area contributed by atoms with Crippen molar-refractivity contribution in [2.45, 2.75) is 13.8 Å². The average Bonchev–Trinajstić information content (AvgIpc) is 2.85. The zero-order valence-electron chi connectivity index (χ0n) is 14.5. The number of methoxy groups -OCH3 is 1. The van der Waals surface area contributed by atoms with E-state index < -0.39 is 23.7 Å². The highest BCUT2D eigenvalue weighted by Gasteiger charge is 2.36. The van der Waals surface area contributed by atoms with Crippen LogP contribution >= 0.6 is 34.4 Å². The smallest absolute Gasteiger partial charge is 0.325 e. The van der Waals surface area contributed by atoms with Gasteiger partial charge in [-0.1, -0.05) is 0 Å². The summed E-state index contributed by atoms with van der Waals surface area (Å²) in [5.74, 6) is 0.0437. The van der Waals surface area contributed by atoms with Crippen molar-refractivity contribution >= 4 is 57.5 Å². The molecule has 7 nitrogen and oxygen atoms in total.